The van der Waals surface area contributed by atoms with Crippen molar-refractivity contribution in [2.45, 2.75) is 64.8 Å². The highest BCUT2D eigenvalue weighted by atomic mass is 19.1. The number of carbonyl (C=O) groups excluding carboxylic acids is 1. The number of aryl methyl sites for hydroxylation is 1. The monoisotopic (exact) mass is 460 g/mol. The molecule has 0 radical (unpaired) electrons. The average Bonchev–Trinajstić information content (AvgIpc) is 3.11. The van der Waals surface area contributed by atoms with Crippen molar-refractivity contribution in [3.63, 3.8) is 0 Å². The second-order valence-corrected chi connectivity index (χ2v) is 10.2. The molecule has 2 aliphatic heterocycles. The molecule has 2 fully saturated rings. The summed E-state index contributed by atoms with van der Waals surface area (Å²) in [7, 11) is 0. The fourth-order valence-corrected chi connectivity index (χ4v) is 4.39. The number of alkyl halides is 1. The first-order valence-corrected chi connectivity index (χ1v) is 11.8. The Hall–Kier alpha value is -2.48. The lowest BCUT2D eigenvalue weighted by Crippen LogP contribution is -2.46. The Kier molecular flexibility index (Phi) is 6.75. The van der Waals surface area contributed by atoms with E-state index in [2.05, 4.69) is 4.90 Å². The molecule has 2 saturated heterocycles. The van der Waals surface area contributed by atoms with Crippen LogP contribution in [0, 0.1) is 12.7 Å². The van der Waals surface area contributed by atoms with Crippen molar-refractivity contribution < 1.29 is 18.3 Å². The Morgan fingerprint density at radius 2 is 1.97 bits per heavy atom. The van der Waals surface area contributed by atoms with Gasteiger partial charge in [-0.3, -0.25) is 0 Å². The molecule has 1 amide bonds. The molecular weight excluding hydrogens is 426 g/mol. The molecule has 6 nitrogen and oxygen atoms in total. The third-order valence-electron chi connectivity index (χ3n) is 6.39. The minimum Gasteiger partial charge on any atom is -0.444 e. The Morgan fingerprint density at radius 1 is 1.21 bits per heavy atom. The van der Waals surface area contributed by atoms with E-state index in [1.807, 2.05) is 10.8 Å². The molecule has 2 aliphatic rings. The van der Waals surface area contributed by atoms with Gasteiger partial charge in [0.1, 0.15) is 23.4 Å². The third-order valence-corrected chi connectivity index (χ3v) is 6.39. The Labute approximate surface area is 194 Å². The molecule has 2 aromatic rings. The average molecular weight is 461 g/mol. The second kappa shape index (κ2) is 9.41. The molecule has 8 heteroatoms. The zero-order chi connectivity index (χ0) is 23.8. The Bertz CT molecular complexity index is 997. The van der Waals surface area contributed by atoms with Crippen molar-refractivity contribution in [3.05, 3.63) is 41.6 Å². The molecule has 0 unspecified atom stereocenters. The van der Waals surface area contributed by atoms with E-state index in [0.717, 1.165) is 37.4 Å². The zero-order valence-electron chi connectivity index (χ0n) is 20.0. The van der Waals surface area contributed by atoms with E-state index in [9.17, 15) is 9.18 Å². The van der Waals surface area contributed by atoms with E-state index in [4.69, 9.17) is 9.72 Å². The fraction of sp³-hybridized carbons (Fsp3) is 0.600. The molecule has 0 N–H and O–H groups in total. The van der Waals surface area contributed by atoms with Gasteiger partial charge in [-0.25, -0.2) is 18.6 Å². The molecule has 2 atom stereocenters. The van der Waals surface area contributed by atoms with Crippen LogP contribution in [0.5, 0.6) is 0 Å². The van der Waals surface area contributed by atoms with Gasteiger partial charge in [-0.2, -0.15) is 0 Å². The summed E-state index contributed by atoms with van der Waals surface area (Å²) in [6.45, 7) is 11.3. The number of piperidine rings is 1. The molecule has 180 valence electrons. The van der Waals surface area contributed by atoms with Crippen molar-refractivity contribution in [2.75, 3.05) is 32.7 Å². The first-order chi connectivity index (χ1) is 15.6. The Morgan fingerprint density at radius 3 is 2.58 bits per heavy atom. The van der Waals surface area contributed by atoms with Gasteiger partial charge in [-0.15, -0.1) is 0 Å². The lowest BCUT2D eigenvalue weighted by atomic mass is 9.94. The van der Waals surface area contributed by atoms with Crippen LogP contribution in [0.15, 0.2) is 24.4 Å². The van der Waals surface area contributed by atoms with Crippen molar-refractivity contribution in [1.29, 1.82) is 0 Å². The normalized spacial score (nSPS) is 21.7. The maximum Gasteiger partial charge on any atom is 0.410 e. The SMILES string of the molecule is Cc1cc(-c2cn(CCN3CCC3)c([C@@H]3CCN(C(=O)OC(C)(C)C)C[C@@H]3F)n2)ccc1F. The van der Waals surface area contributed by atoms with Crippen LogP contribution in [0.1, 0.15) is 50.9 Å². The van der Waals surface area contributed by atoms with Gasteiger partial charge in [-0.05, 0) is 77.4 Å². The molecule has 3 heterocycles. The van der Waals surface area contributed by atoms with Gasteiger partial charge in [0.15, 0.2) is 0 Å². The summed E-state index contributed by atoms with van der Waals surface area (Å²) in [4.78, 5) is 21.1. The number of nitrogens with zero attached hydrogens (tertiary/aromatic N) is 4. The topological polar surface area (TPSA) is 50.6 Å². The predicted molar refractivity (Wildman–Crippen MR) is 123 cm³/mol. The van der Waals surface area contributed by atoms with Crippen molar-refractivity contribution >= 4 is 6.09 Å². The van der Waals surface area contributed by atoms with Crippen molar-refractivity contribution in [3.8, 4) is 11.3 Å². The van der Waals surface area contributed by atoms with E-state index in [1.165, 1.54) is 17.4 Å². The van der Waals surface area contributed by atoms with Gasteiger partial charge in [0.05, 0.1) is 18.2 Å². The second-order valence-electron chi connectivity index (χ2n) is 10.2. The fourth-order valence-electron chi connectivity index (χ4n) is 4.39. The lowest BCUT2D eigenvalue weighted by Gasteiger charge is -2.36. The van der Waals surface area contributed by atoms with Crippen LogP contribution in [0.25, 0.3) is 11.3 Å². The number of amides is 1. The minimum atomic E-state index is -1.24. The molecule has 33 heavy (non-hydrogen) atoms. The smallest absolute Gasteiger partial charge is 0.410 e. The Balaban J connectivity index is 1.55. The number of ether oxygens (including phenoxy) is 1. The summed E-state index contributed by atoms with van der Waals surface area (Å²) in [5, 5.41) is 0. The number of hydrogen-bond donors (Lipinski definition) is 0. The number of benzene rings is 1. The molecular formula is C25H34F2N4O2. The summed E-state index contributed by atoms with van der Waals surface area (Å²) >= 11 is 0. The molecule has 1 aromatic carbocycles. The number of rotatable bonds is 5. The molecule has 0 spiro atoms. The van der Waals surface area contributed by atoms with Gasteiger partial charge in [-0.1, -0.05) is 0 Å². The summed E-state index contributed by atoms with van der Waals surface area (Å²) < 4.78 is 36.6. The number of halogens is 2. The van der Waals surface area contributed by atoms with E-state index in [1.54, 1.807) is 39.8 Å². The molecule has 4 rings (SSSR count). The van der Waals surface area contributed by atoms with E-state index in [0.29, 0.717) is 24.4 Å². The summed E-state index contributed by atoms with van der Waals surface area (Å²) in [5.74, 6) is 0.0359. The number of carbonyl (C=O) groups is 1. The highest BCUT2D eigenvalue weighted by Crippen LogP contribution is 2.33. The van der Waals surface area contributed by atoms with Gasteiger partial charge in [0.2, 0.25) is 0 Å². The molecule has 0 saturated carbocycles. The molecule has 1 aromatic heterocycles. The maximum absolute atomic E-state index is 15.4. The van der Waals surface area contributed by atoms with Crippen LogP contribution in [0.4, 0.5) is 13.6 Å². The predicted octanol–water partition coefficient (Wildman–Crippen LogP) is 4.77. The number of imidazole rings is 1. The largest absolute Gasteiger partial charge is 0.444 e. The van der Waals surface area contributed by atoms with Crippen LogP contribution in [0.2, 0.25) is 0 Å². The van der Waals surface area contributed by atoms with Gasteiger partial charge < -0.3 is 19.1 Å². The van der Waals surface area contributed by atoms with Crippen molar-refractivity contribution in [2.24, 2.45) is 0 Å². The van der Waals surface area contributed by atoms with Crippen LogP contribution in [-0.4, -0.2) is 69.9 Å². The standard InChI is InChI=1S/C25H34F2N4O2/c1-17-14-18(6-7-20(17)26)22-16-30(13-12-29-9-5-10-29)23(28-22)19-8-11-31(15-21(19)27)24(32)33-25(2,3)4/h6-7,14,16,19,21H,5,8-13,15H2,1-4H3/t19-,21+/m1/s1. The number of hydrogen-bond acceptors (Lipinski definition) is 4. The molecule has 0 aliphatic carbocycles. The van der Waals surface area contributed by atoms with E-state index >= 15 is 4.39 Å². The maximum atomic E-state index is 15.4. The third kappa shape index (κ3) is 5.54. The van der Waals surface area contributed by atoms with E-state index < -0.39 is 23.8 Å². The van der Waals surface area contributed by atoms with Gasteiger partial charge in [0, 0.05) is 31.4 Å². The van der Waals surface area contributed by atoms with Gasteiger partial charge >= 0.3 is 6.09 Å². The minimum absolute atomic E-state index is 0.0104. The van der Waals surface area contributed by atoms with E-state index in [-0.39, 0.29) is 12.4 Å². The number of aromatic nitrogens is 2. The highest BCUT2D eigenvalue weighted by molar-refractivity contribution is 5.68. The van der Waals surface area contributed by atoms with Crippen LogP contribution in [0.3, 0.4) is 0 Å². The van der Waals surface area contributed by atoms with Crippen LogP contribution in [-0.2, 0) is 11.3 Å². The highest BCUT2D eigenvalue weighted by Gasteiger charge is 2.37. The summed E-state index contributed by atoms with van der Waals surface area (Å²) in [5.41, 5.74) is 1.48. The van der Waals surface area contributed by atoms with Crippen LogP contribution < -0.4 is 0 Å². The van der Waals surface area contributed by atoms with Gasteiger partial charge in [0.25, 0.3) is 0 Å². The first-order valence-electron chi connectivity index (χ1n) is 11.8. The quantitative estimate of drug-likeness (QED) is 0.645. The number of likely N-dealkylation sites (tertiary alicyclic amines) is 2. The lowest BCUT2D eigenvalue weighted by molar-refractivity contribution is 0.0105. The molecule has 0 bridgehead atoms. The zero-order valence-corrected chi connectivity index (χ0v) is 20.0. The summed E-state index contributed by atoms with van der Waals surface area (Å²) in [6.07, 6.45) is 1.93. The van der Waals surface area contributed by atoms with Crippen molar-refractivity contribution in [1.82, 2.24) is 19.4 Å². The summed E-state index contributed by atoms with van der Waals surface area (Å²) in [6, 6.07) is 4.94. The first kappa shape index (κ1) is 23.7. The van der Waals surface area contributed by atoms with Crippen LogP contribution >= 0.6 is 0 Å².